The first-order chi connectivity index (χ1) is 16.6. The van der Waals surface area contributed by atoms with Gasteiger partial charge < -0.3 is 14.0 Å². The van der Waals surface area contributed by atoms with E-state index in [9.17, 15) is 4.39 Å². The van der Waals surface area contributed by atoms with Gasteiger partial charge in [0.15, 0.2) is 11.5 Å². The molecular formula is C28H36FN3O2. The Kier molecular flexibility index (Phi) is 8.22. The summed E-state index contributed by atoms with van der Waals surface area (Å²) in [4.78, 5) is 7.24. The quantitative estimate of drug-likeness (QED) is 0.300. The number of hydrogen-bond acceptors (Lipinski definition) is 4. The van der Waals surface area contributed by atoms with Gasteiger partial charge in [0.1, 0.15) is 11.6 Å². The summed E-state index contributed by atoms with van der Waals surface area (Å²) >= 11 is 0. The molecule has 0 fully saturated rings. The second-order valence-corrected chi connectivity index (χ2v) is 9.13. The summed E-state index contributed by atoms with van der Waals surface area (Å²) < 4.78 is 27.3. The Hall–Kier alpha value is -2.86. The molecule has 0 atom stereocenters. The van der Waals surface area contributed by atoms with E-state index in [0.717, 1.165) is 74.7 Å². The lowest BCUT2D eigenvalue weighted by molar-refractivity contribution is 0.173. The number of aromatic nitrogens is 2. The van der Waals surface area contributed by atoms with Crippen LogP contribution in [0.25, 0.3) is 11.4 Å². The predicted octanol–water partition coefficient (Wildman–Crippen LogP) is 6.66. The standard InChI is InChI=1S/C28H36FN3O2/c1-4-7-13-32-25(16-30-28(32)23-9-8-10-24(29)15-23)19-31(17-21(5-2)6-3)18-22-11-12-26-27(14-22)34-20-33-26/h8-12,14-16,21H,4-7,13,17-20H2,1-3H3. The maximum Gasteiger partial charge on any atom is 0.231 e. The molecule has 0 N–H and O–H groups in total. The van der Waals surface area contributed by atoms with Crippen molar-refractivity contribution < 1.29 is 13.9 Å². The molecule has 1 aromatic heterocycles. The van der Waals surface area contributed by atoms with Crippen molar-refractivity contribution in [1.82, 2.24) is 14.5 Å². The molecule has 0 saturated heterocycles. The molecule has 2 aromatic carbocycles. The minimum atomic E-state index is -0.234. The van der Waals surface area contributed by atoms with Gasteiger partial charge >= 0.3 is 0 Å². The number of nitrogens with zero attached hydrogens (tertiary/aromatic N) is 3. The first-order valence-electron chi connectivity index (χ1n) is 12.5. The van der Waals surface area contributed by atoms with E-state index >= 15 is 0 Å². The summed E-state index contributed by atoms with van der Waals surface area (Å²) in [5, 5.41) is 0. The second-order valence-electron chi connectivity index (χ2n) is 9.13. The highest BCUT2D eigenvalue weighted by Gasteiger charge is 2.19. The normalized spacial score (nSPS) is 12.8. The topological polar surface area (TPSA) is 39.5 Å². The SMILES string of the molecule is CCCCn1c(CN(Cc2ccc3c(c2)OCO3)CC(CC)CC)cnc1-c1cccc(F)c1. The van der Waals surface area contributed by atoms with Crippen molar-refractivity contribution in [3.63, 3.8) is 0 Å². The number of unbranched alkanes of at least 4 members (excludes halogenated alkanes) is 1. The molecule has 5 nitrogen and oxygen atoms in total. The Morgan fingerprint density at radius 1 is 1.03 bits per heavy atom. The summed E-state index contributed by atoms with van der Waals surface area (Å²) in [7, 11) is 0. The number of hydrogen-bond donors (Lipinski definition) is 0. The minimum Gasteiger partial charge on any atom is -0.454 e. The molecule has 0 radical (unpaired) electrons. The number of fused-ring (bicyclic) bond motifs is 1. The largest absolute Gasteiger partial charge is 0.454 e. The average Bonchev–Trinajstić information content (AvgIpc) is 3.47. The van der Waals surface area contributed by atoms with Crippen molar-refractivity contribution in [2.45, 2.75) is 66.1 Å². The Bertz CT molecular complexity index is 1080. The van der Waals surface area contributed by atoms with Crippen LogP contribution in [-0.4, -0.2) is 27.8 Å². The molecule has 6 heteroatoms. The zero-order chi connectivity index (χ0) is 23.9. The van der Waals surface area contributed by atoms with E-state index in [2.05, 4.69) is 42.4 Å². The first kappa shape index (κ1) is 24.3. The highest BCUT2D eigenvalue weighted by Crippen LogP contribution is 2.33. The molecule has 0 saturated carbocycles. The third kappa shape index (κ3) is 5.79. The van der Waals surface area contributed by atoms with Gasteiger partial charge in [-0.3, -0.25) is 4.90 Å². The number of halogens is 1. The lowest BCUT2D eigenvalue weighted by Crippen LogP contribution is -2.29. The smallest absolute Gasteiger partial charge is 0.231 e. The van der Waals surface area contributed by atoms with E-state index in [1.807, 2.05) is 18.3 Å². The van der Waals surface area contributed by atoms with Crippen LogP contribution in [0.5, 0.6) is 11.5 Å². The van der Waals surface area contributed by atoms with E-state index in [4.69, 9.17) is 14.5 Å². The van der Waals surface area contributed by atoms with E-state index < -0.39 is 0 Å². The van der Waals surface area contributed by atoms with E-state index in [1.165, 1.54) is 17.3 Å². The summed E-state index contributed by atoms with van der Waals surface area (Å²) in [5.74, 6) is 2.87. The van der Waals surface area contributed by atoms with Crippen LogP contribution in [0.1, 0.15) is 57.7 Å². The molecule has 0 spiro atoms. The van der Waals surface area contributed by atoms with Crippen molar-refractivity contribution in [3.05, 3.63) is 65.7 Å². The molecule has 182 valence electrons. The fourth-order valence-electron chi connectivity index (χ4n) is 4.58. The minimum absolute atomic E-state index is 0.234. The number of rotatable bonds is 12. The van der Waals surface area contributed by atoms with Crippen LogP contribution >= 0.6 is 0 Å². The van der Waals surface area contributed by atoms with Crippen molar-refractivity contribution in [2.75, 3.05) is 13.3 Å². The first-order valence-corrected chi connectivity index (χ1v) is 12.5. The molecule has 4 rings (SSSR count). The Labute approximate surface area is 202 Å². The van der Waals surface area contributed by atoms with Crippen molar-refractivity contribution >= 4 is 0 Å². The second kappa shape index (κ2) is 11.5. The lowest BCUT2D eigenvalue weighted by atomic mass is 10.0. The van der Waals surface area contributed by atoms with E-state index in [0.29, 0.717) is 5.92 Å². The van der Waals surface area contributed by atoms with Crippen LogP contribution in [-0.2, 0) is 19.6 Å². The Balaban J connectivity index is 1.61. The van der Waals surface area contributed by atoms with Gasteiger partial charge in [0, 0.05) is 31.7 Å². The van der Waals surface area contributed by atoms with Crippen LogP contribution in [0.15, 0.2) is 48.7 Å². The number of imidazole rings is 1. The maximum absolute atomic E-state index is 13.9. The van der Waals surface area contributed by atoms with E-state index in [-0.39, 0.29) is 12.6 Å². The Morgan fingerprint density at radius 3 is 2.62 bits per heavy atom. The predicted molar refractivity (Wildman–Crippen MR) is 133 cm³/mol. The molecule has 3 aromatic rings. The van der Waals surface area contributed by atoms with Crippen molar-refractivity contribution in [3.8, 4) is 22.9 Å². The molecule has 0 aliphatic carbocycles. The fraction of sp³-hybridized carbons (Fsp3) is 0.464. The van der Waals surface area contributed by atoms with Crippen LogP contribution in [0, 0.1) is 11.7 Å². The summed E-state index contributed by atoms with van der Waals surface area (Å²) in [6.07, 6.45) is 6.42. The number of benzene rings is 2. The molecule has 0 amide bonds. The summed E-state index contributed by atoms with van der Waals surface area (Å²) in [6, 6.07) is 13.0. The van der Waals surface area contributed by atoms with Gasteiger partial charge in [-0.15, -0.1) is 0 Å². The van der Waals surface area contributed by atoms with Crippen LogP contribution < -0.4 is 9.47 Å². The molecular weight excluding hydrogens is 429 g/mol. The van der Waals surface area contributed by atoms with Crippen molar-refractivity contribution in [2.24, 2.45) is 5.92 Å². The average molecular weight is 466 g/mol. The zero-order valence-electron chi connectivity index (χ0n) is 20.6. The molecule has 0 unspecified atom stereocenters. The maximum atomic E-state index is 13.9. The fourth-order valence-corrected chi connectivity index (χ4v) is 4.58. The van der Waals surface area contributed by atoms with Gasteiger partial charge in [-0.05, 0) is 42.2 Å². The summed E-state index contributed by atoms with van der Waals surface area (Å²) in [5.41, 5.74) is 3.20. The third-order valence-corrected chi connectivity index (χ3v) is 6.66. The highest BCUT2D eigenvalue weighted by molar-refractivity contribution is 5.56. The Morgan fingerprint density at radius 2 is 1.85 bits per heavy atom. The highest BCUT2D eigenvalue weighted by atomic mass is 19.1. The zero-order valence-corrected chi connectivity index (χ0v) is 20.6. The third-order valence-electron chi connectivity index (χ3n) is 6.66. The number of ether oxygens (including phenoxy) is 2. The van der Waals surface area contributed by atoms with Crippen LogP contribution in [0.3, 0.4) is 0 Å². The molecule has 0 bridgehead atoms. The van der Waals surface area contributed by atoms with Crippen molar-refractivity contribution in [1.29, 1.82) is 0 Å². The van der Waals surface area contributed by atoms with Crippen LogP contribution in [0.2, 0.25) is 0 Å². The lowest BCUT2D eigenvalue weighted by Gasteiger charge is -2.27. The van der Waals surface area contributed by atoms with Gasteiger partial charge in [0.2, 0.25) is 6.79 Å². The van der Waals surface area contributed by atoms with Crippen LogP contribution in [0.4, 0.5) is 4.39 Å². The monoisotopic (exact) mass is 465 g/mol. The molecule has 1 aliphatic rings. The van der Waals surface area contributed by atoms with Gasteiger partial charge in [-0.2, -0.15) is 0 Å². The summed E-state index contributed by atoms with van der Waals surface area (Å²) in [6.45, 7) is 10.5. The molecule has 2 heterocycles. The van der Waals surface area contributed by atoms with Gasteiger partial charge in [0.25, 0.3) is 0 Å². The molecule has 34 heavy (non-hydrogen) atoms. The van der Waals surface area contributed by atoms with Gasteiger partial charge in [-0.1, -0.05) is 58.2 Å². The van der Waals surface area contributed by atoms with Gasteiger partial charge in [0.05, 0.1) is 11.9 Å². The molecule has 1 aliphatic heterocycles. The van der Waals surface area contributed by atoms with E-state index in [1.54, 1.807) is 12.1 Å². The van der Waals surface area contributed by atoms with Gasteiger partial charge in [-0.25, -0.2) is 9.37 Å².